The largest absolute Gasteiger partial charge is 0.490 e. The van der Waals surface area contributed by atoms with Crippen molar-refractivity contribution in [1.82, 2.24) is 10.2 Å². The Kier molecular flexibility index (Phi) is 6.87. The Morgan fingerprint density at radius 1 is 1.28 bits per heavy atom. The van der Waals surface area contributed by atoms with Gasteiger partial charge in [0.25, 0.3) is 0 Å². The number of rotatable bonds is 6. The Balaban J connectivity index is 1.53. The number of likely N-dealkylation sites (N-methyl/N-ethyl adjacent to an activating group) is 1. The molecule has 6 nitrogen and oxygen atoms in total. The molecule has 2 aliphatic heterocycles. The van der Waals surface area contributed by atoms with Gasteiger partial charge in [0.1, 0.15) is 11.9 Å². The number of amides is 1. The summed E-state index contributed by atoms with van der Waals surface area (Å²) in [4.78, 5) is 19.1. The first-order valence-electron chi connectivity index (χ1n) is 11.4. The molecule has 4 rings (SSSR count). The van der Waals surface area contributed by atoms with Crippen LogP contribution < -0.4 is 10.1 Å². The van der Waals surface area contributed by atoms with Gasteiger partial charge in [0.15, 0.2) is 0 Å². The molecule has 0 spiro atoms. The highest BCUT2D eigenvalue weighted by atomic mass is 16.5. The van der Waals surface area contributed by atoms with Gasteiger partial charge in [-0.3, -0.25) is 9.79 Å². The van der Waals surface area contributed by atoms with Gasteiger partial charge in [0, 0.05) is 44.3 Å². The number of carbonyl (C=O) groups excluding carboxylic acids is 1. The molecule has 1 amide bonds. The topological polar surface area (TPSA) is 77.7 Å². The first-order chi connectivity index (χ1) is 15.6. The standard InChI is InChI=1S/C26H30N4O2/c1-3-24(28-2)26(31)30-11-8-22(9-12-30)32-25-15-21(14-20-7-10-29-17-23(20)25)19-6-4-5-18(13-19)16-27/h4-6,13-15,17,22,24,28H,3,7-12H2,1-2H3. The monoisotopic (exact) mass is 430 g/mol. The highest BCUT2D eigenvalue weighted by Gasteiger charge is 2.28. The second-order valence-corrected chi connectivity index (χ2v) is 8.42. The highest BCUT2D eigenvalue weighted by molar-refractivity contribution is 5.89. The lowest BCUT2D eigenvalue weighted by Gasteiger charge is -2.34. The number of carbonyl (C=O) groups is 1. The van der Waals surface area contributed by atoms with E-state index >= 15 is 0 Å². The molecule has 0 saturated carbocycles. The van der Waals surface area contributed by atoms with Crippen molar-refractivity contribution in [3.8, 4) is 22.9 Å². The van der Waals surface area contributed by atoms with Crippen LogP contribution >= 0.6 is 0 Å². The number of likely N-dealkylation sites (tertiary alicyclic amines) is 1. The summed E-state index contributed by atoms with van der Waals surface area (Å²) in [7, 11) is 1.84. The smallest absolute Gasteiger partial charge is 0.239 e. The van der Waals surface area contributed by atoms with Gasteiger partial charge >= 0.3 is 0 Å². The molecule has 32 heavy (non-hydrogen) atoms. The normalized spacial score (nSPS) is 16.8. The zero-order valence-corrected chi connectivity index (χ0v) is 18.8. The van der Waals surface area contributed by atoms with Crippen LogP contribution in [-0.2, 0) is 11.2 Å². The number of ether oxygens (including phenoxy) is 1. The number of piperidine rings is 1. The van der Waals surface area contributed by atoms with E-state index in [1.54, 1.807) is 0 Å². The maximum atomic E-state index is 12.7. The minimum Gasteiger partial charge on any atom is -0.490 e. The molecule has 2 aromatic carbocycles. The predicted molar refractivity (Wildman–Crippen MR) is 126 cm³/mol. The molecule has 2 aromatic rings. The van der Waals surface area contributed by atoms with Crippen LogP contribution in [0.2, 0.25) is 0 Å². The van der Waals surface area contributed by atoms with Gasteiger partial charge < -0.3 is 15.0 Å². The minimum absolute atomic E-state index is 0.0637. The van der Waals surface area contributed by atoms with Crippen LogP contribution in [0.15, 0.2) is 41.4 Å². The second-order valence-electron chi connectivity index (χ2n) is 8.42. The Morgan fingerprint density at radius 2 is 2.09 bits per heavy atom. The molecule has 166 valence electrons. The summed E-state index contributed by atoms with van der Waals surface area (Å²) < 4.78 is 6.50. The maximum absolute atomic E-state index is 12.7. The summed E-state index contributed by atoms with van der Waals surface area (Å²) in [6, 6.07) is 14.0. The van der Waals surface area contributed by atoms with Crippen molar-refractivity contribution in [1.29, 1.82) is 5.26 Å². The molecular weight excluding hydrogens is 400 g/mol. The van der Waals surface area contributed by atoms with Crippen molar-refractivity contribution in [2.24, 2.45) is 4.99 Å². The van der Waals surface area contributed by atoms with Gasteiger partial charge in [-0.1, -0.05) is 25.1 Å². The fourth-order valence-electron chi connectivity index (χ4n) is 4.51. The Labute approximate surface area is 189 Å². The average Bonchev–Trinajstić information content (AvgIpc) is 2.85. The van der Waals surface area contributed by atoms with E-state index in [4.69, 9.17) is 4.74 Å². The number of fused-ring (bicyclic) bond motifs is 1. The summed E-state index contributed by atoms with van der Waals surface area (Å²) in [6.45, 7) is 4.22. The molecule has 6 heteroatoms. The van der Waals surface area contributed by atoms with Crippen LogP contribution in [0.25, 0.3) is 11.1 Å². The maximum Gasteiger partial charge on any atom is 0.239 e. The third-order valence-electron chi connectivity index (χ3n) is 6.39. The molecule has 1 atom stereocenters. The number of nitrogens with one attached hydrogen (secondary N) is 1. The molecule has 1 saturated heterocycles. The number of nitrogens with zero attached hydrogens (tertiary/aromatic N) is 3. The van der Waals surface area contributed by atoms with Gasteiger partial charge in [-0.05, 0) is 54.8 Å². The van der Waals surface area contributed by atoms with Crippen molar-refractivity contribution in [2.45, 2.75) is 44.8 Å². The van der Waals surface area contributed by atoms with Crippen molar-refractivity contribution in [2.75, 3.05) is 26.7 Å². The van der Waals surface area contributed by atoms with Crippen molar-refractivity contribution < 1.29 is 9.53 Å². The fraction of sp³-hybridized carbons (Fsp3) is 0.423. The molecule has 1 N–H and O–H groups in total. The van der Waals surface area contributed by atoms with E-state index < -0.39 is 0 Å². The van der Waals surface area contributed by atoms with E-state index in [-0.39, 0.29) is 18.1 Å². The molecule has 1 unspecified atom stereocenters. The van der Waals surface area contributed by atoms with E-state index in [9.17, 15) is 10.1 Å². The lowest BCUT2D eigenvalue weighted by Crippen LogP contribution is -2.49. The van der Waals surface area contributed by atoms with Gasteiger partial charge in [0.2, 0.25) is 5.91 Å². The van der Waals surface area contributed by atoms with Crippen LogP contribution in [0.4, 0.5) is 0 Å². The van der Waals surface area contributed by atoms with Crippen LogP contribution in [0.3, 0.4) is 0 Å². The number of hydrogen-bond donors (Lipinski definition) is 1. The summed E-state index contributed by atoms with van der Waals surface area (Å²) >= 11 is 0. The number of aliphatic imine (C=N–C) groups is 1. The zero-order chi connectivity index (χ0) is 22.5. The summed E-state index contributed by atoms with van der Waals surface area (Å²) in [5.41, 5.74) is 4.99. The Bertz CT molecular complexity index is 1040. The van der Waals surface area contributed by atoms with E-state index in [2.05, 4.69) is 28.5 Å². The summed E-state index contributed by atoms with van der Waals surface area (Å²) in [5, 5.41) is 12.4. The Hall–Kier alpha value is -3.17. The van der Waals surface area contributed by atoms with E-state index in [1.165, 1.54) is 5.56 Å². The van der Waals surface area contributed by atoms with Crippen LogP contribution in [0, 0.1) is 11.3 Å². The number of nitriles is 1. The van der Waals surface area contributed by atoms with Crippen LogP contribution in [0.5, 0.6) is 5.75 Å². The van der Waals surface area contributed by atoms with Crippen molar-refractivity contribution >= 4 is 12.1 Å². The molecule has 2 heterocycles. The SMILES string of the molecule is CCC(NC)C(=O)N1CCC(Oc2cc(-c3cccc(C#N)c3)cc3c2C=NCC3)CC1. The van der Waals surface area contributed by atoms with Gasteiger partial charge in [-0.15, -0.1) is 0 Å². The minimum atomic E-state index is -0.114. The Morgan fingerprint density at radius 3 is 2.81 bits per heavy atom. The van der Waals surface area contributed by atoms with Crippen molar-refractivity contribution in [3.05, 3.63) is 53.1 Å². The van der Waals surface area contributed by atoms with E-state index in [0.29, 0.717) is 18.7 Å². The quantitative estimate of drug-likeness (QED) is 0.760. The van der Waals surface area contributed by atoms with Crippen LogP contribution in [0.1, 0.15) is 42.9 Å². The second kappa shape index (κ2) is 9.97. The van der Waals surface area contributed by atoms with Gasteiger partial charge in [0.05, 0.1) is 17.7 Å². The summed E-state index contributed by atoms with van der Waals surface area (Å²) in [5.74, 6) is 1.02. The first kappa shape index (κ1) is 22.0. The highest BCUT2D eigenvalue weighted by Crippen LogP contribution is 2.33. The molecule has 1 fully saturated rings. The number of hydrogen-bond acceptors (Lipinski definition) is 5. The van der Waals surface area contributed by atoms with E-state index in [0.717, 1.165) is 54.7 Å². The molecular formula is C26H30N4O2. The molecule has 0 aromatic heterocycles. The third kappa shape index (κ3) is 4.68. The fourth-order valence-corrected chi connectivity index (χ4v) is 4.51. The number of benzene rings is 2. The summed E-state index contributed by atoms with van der Waals surface area (Å²) in [6.07, 6.45) is 5.27. The van der Waals surface area contributed by atoms with Crippen molar-refractivity contribution in [3.63, 3.8) is 0 Å². The lowest BCUT2D eigenvalue weighted by atomic mass is 9.94. The predicted octanol–water partition coefficient (Wildman–Crippen LogP) is 3.57. The lowest BCUT2D eigenvalue weighted by molar-refractivity contribution is -0.135. The van der Waals surface area contributed by atoms with Crippen LogP contribution in [-0.4, -0.2) is 55.8 Å². The third-order valence-corrected chi connectivity index (χ3v) is 6.39. The van der Waals surface area contributed by atoms with Gasteiger partial charge in [-0.2, -0.15) is 5.26 Å². The van der Waals surface area contributed by atoms with Gasteiger partial charge in [-0.25, -0.2) is 0 Å². The molecule has 2 aliphatic rings. The first-order valence-corrected chi connectivity index (χ1v) is 11.4. The zero-order valence-electron chi connectivity index (χ0n) is 18.8. The molecule has 0 radical (unpaired) electrons. The molecule has 0 aliphatic carbocycles. The average molecular weight is 431 g/mol. The van der Waals surface area contributed by atoms with E-state index in [1.807, 2.05) is 49.4 Å². The molecule has 0 bridgehead atoms.